The summed E-state index contributed by atoms with van der Waals surface area (Å²) in [5.74, 6) is 0.819. The van der Waals surface area contributed by atoms with Gasteiger partial charge in [-0.15, -0.1) is 11.8 Å². The van der Waals surface area contributed by atoms with Gasteiger partial charge in [0, 0.05) is 4.90 Å². The molecule has 1 saturated carbocycles. The zero-order valence-corrected chi connectivity index (χ0v) is 8.66. The molecule has 1 aliphatic rings. The molecule has 0 spiro atoms. The molecular formula is C12H13S. The van der Waals surface area contributed by atoms with Crippen LogP contribution in [0.1, 0.15) is 29.9 Å². The molecule has 0 heterocycles. The first kappa shape index (κ1) is 8.89. The van der Waals surface area contributed by atoms with Crippen molar-refractivity contribution in [2.45, 2.75) is 23.7 Å². The molecule has 2 rings (SSSR count). The van der Waals surface area contributed by atoms with Gasteiger partial charge in [-0.05, 0) is 54.4 Å². The van der Waals surface area contributed by atoms with Gasteiger partial charge in [-0.3, -0.25) is 0 Å². The number of benzene rings is 1. The van der Waals surface area contributed by atoms with Crippen molar-refractivity contribution in [3.8, 4) is 0 Å². The molecule has 0 bridgehead atoms. The minimum atomic E-state index is 0.819. The van der Waals surface area contributed by atoms with Crippen molar-refractivity contribution in [2.75, 3.05) is 6.26 Å². The zero-order valence-electron chi connectivity index (χ0n) is 7.84. The van der Waals surface area contributed by atoms with E-state index in [0.717, 1.165) is 11.5 Å². The van der Waals surface area contributed by atoms with Gasteiger partial charge in [0.15, 0.2) is 0 Å². The van der Waals surface area contributed by atoms with Crippen LogP contribution in [0.4, 0.5) is 0 Å². The highest BCUT2D eigenvalue weighted by molar-refractivity contribution is 7.98. The minimum Gasteiger partial charge on any atom is -0.130 e. The summed E-state index contributed by atoms with van der Waals surface area (Å²) in [5, 5.41) is 0. The highest BCUT2D eigenvalue weighted by atomic mass is 32.2. The fourth-order valence-corrected chi connectivity index (χ4v) is 1.99. The largest absolute Gasteiger partial charge is 0.130 e. The maximum atomic E-state index is 3.69. The summed E-state index contributed by atoms with van der Waals surface area (Å²) in [4.78, 5) is 1.33. The highest BCUT2D eigenvalue weighted by Crippen LogP contribution is 2.41. The van der Waals surface area contributed by atoms with Crippen LogP contribution in [0.2, 0.25) is 0 Å². The van der Waals surface area contributed by atoms with Crippen molar-refractivity contribution in [3.63, 3.8) is 0 Å². The Balaban J connectivity index is 2.38. The number of hydrogen-bond acceptors (Lipinski definition) is 1. The van der Waals surface area contributed by atoms with Gasteiger partial charge in [0.2, 0.25) is 0 Å². The third-order valence-electron chi connectivity index (χ3n) is 2.42. The van der Waals surface area contributed by atoms with E-state index in [1.165, 1.54) is 23.3 Å². The predicted octanol–water partition coefficient (Wildman–Crippen LogP) is 3.62. The van der Waals surface area contributed by atoms with Crippen LogP contribution in [-0.4, -0.2) is 6.26 Å². The van der Waals surface area contributed by atoms with E-state index in [2.05, 4.69) is 37.1 Å². The average molecular weight is 189 g/mol. The summed E-state index contributed by atoms with van der Waals surface area (Å²) in [6.45, 7) is 3.69. The third-order valence-corrected chi connectivity index (χ3v) is 3.12. The normalized spacial score (nSPS) is 15.8. The number of thioether (sulfide) groups is 1. The molecule has 0 aromatic heterocycles. The Morgan fingerprint density at radius 3 is 2.69 bits per heavy atom. The van der Waals surface area contributed by atoms with E-state index in [1.54, 1.807) is 11.8 Å². The van der Waals surface area contributed by atoms with E-state index in [1.807, 2.05) is 0 Å². The molecule has 0 atom stereocenters. The van der Waals surface area contributed by atoms with Crippen molar-refractivity contribution >= 4 is 11.8 Å². The Morgan fingerprint density at radius 2 is 2.15 bits per heavy atom. The van der Waals surface area contributed by atoms with Crippen molar-refractivity contribution < 1.29 is 0 Å². The van der Waals surface area contributed by atoms with Crippen molar-refractivity contribution in [2.24, 2.45) is 0 Å². The van der Waals surface area contributed by atoms with Gasteiger partial charge in [-0.2, -0.15) is 0 Å². The van der Waals surface area contributed by atoms with Gasteiger partial charge in [0.05, 0.1) is 0 Å². The summed E-state index contributed by atoms with van der Waals surface area (Å²) in [5.41, 5.74) is 2.60. The van der Waals surface area contributed by atoms with Crippen molar-refractivity contribution in [3.05, 3.63) is 42.0 Å². The maximum Gasteiger partial charge on any atom is 0.00781 e. The summed E-state index contributed by atoms with van der Waals surface area (Å²) >= 11 is 1.79. The molecule has 1 aromatic rings. The fraction of sp³-hybridized carbons (Fsp3) is 0.333. The summed E-state index contributed by atoms with van der Waals surface area (Å²) < 4.78 is 0. The van der Waals surface area contributed by atoms with Gasteiger partial charge < -0.3 is 0 Å². The highest BCUT2D eigenvalue weighted by Gasteiger charge is 2.23. The van der Waals surface area contributed by atoms with E-state index >= 15 is 0 Å². The van der Waals surface area contributed by atoms with Crippen LogP contribution in [0, 0.1) is 6.08 Å². The zero-order chi connectivity index (χ0) is 9.26. The lowest BCUT2D eigenvalue weighted by atomic mass is 10.1. The lowest BCUT2D eigenvalue weighted by molar-refractivity contribution is 1.11. The van der Waals surface area contributed by atoms with E-state index in [9.17, 15) is 0 Å². The first-order valence-electron chi connectivity index (χ1n) is 4.55. The Hall–Kier alpha value is -0.690. The molecule has 1 heteroatoms. The summed E-state index contributed by atoms with van der Waals surface area (Å²) in [6.07, 6.45) is 7.78. The monoisotopic (exact) mass is 189 g/mol. The Morgan fingerprint density at radius 1 is 1.38 bits per heavy atom. The van der Waals surface area contributed by atoms with Gasteiger partial charge >= 0.3 is 0 Å². The number of hydrogen-bond donors (Lipinski definition) is 0. The lowest BCUT2D eigenvalue weighted by Crippen LogP contribution is -1.83. The maximum absolute atomic E-state index is 3.69. The van der Waals surface area contributed by atoms with Crippen molar-refractivity contribution in [1.29, 1.82) is 0 Å². The molecule has 0 aliphatic heterocycles. The number of rotatable bonds is 3. The first-order valence-corrected chi connectivity index (χ1v) is 5.78. The molecule has 0 unspecified atom stereocenters. The molecule has 0 saturated heterocycles. The second-order valence-corrected chi connectivity index (χ2v) is 4.33. The molecule has 1 aromatic carbocycles. The van der Waals surface area contributed by atoms with Crippen molar-refractivity contribution in [1.82, 2.24) is 0 Å². The van der Waals surface area contributed by atoms with Crippen LogP contribution in [0.3, 0.4) is 0 Å². The van der Waals surface area contributed by atoms with Gasteiger partial charge in [0.25, 0.3) is 0 Å². The van der Waals surface area contributed by atoms with E-state index in [0.29, 0.717) is 0 Å². The fourth-order valence-electron chi connectivity index (χ4n) is 1.49. The standard InChI is InChI=1S/C12H13S/c1-3-9-6-11(10-4-5-10)8-12(7-9)13-2/h6-8,10H,1,4-5H2,2H3. The summed E-state index contributed by atoms with van der Waals surface area (Å²) in [6, 6.07) is 6.65. The SMILES string of the molecule is C=[C]c1cc(SC)cc(C2CC2)c1. The Labute approximate surface area is 84.0 Å². The van der Waals surface area contributed by atoms with Gasteiger partial charge in [-0.25, -0.2) is 0 Å². The topological polar surface area (TPSA) is 0 Å². The Bertz CT molecular complexity index is 324. The molecule has 13 heavy (non-hydrogen) atoms. The van der Waals surface area contributed by atoms with Crippen LogP contribution in [0.5, 0.6) is 0 Å². The second-order valence-electron chi connectivity index (χ2n) is 3.45. The van der Waals surface area contributed by atoms with E-state index < -0.39 is 0 Å². The second kappa shape index (κ2) is 3.59. The van der Waals surface area contributed by atoms with Crippen LogP contribution >= 0.6 is 11.8 Å². The van der Waals surface area contributed by atoms with Gasteiger partial charge in [-0.1, -0.05) is 12.6 Å². The minimum absolute atomic E-state index is 0.819. The van der Waals surface area contributed by atoms with Crippen LogP contribution in [0.15, 0.2) is 29.7 Å². The molecular weight excluding hydrogens is 176 g/mol. The molecule has 1 radical (unpaired) electrons. The molecule has 0 amide bonds. The molecule has 0 nitrogen and oxygen atoms in total. The quantitative estimate of drug-likeness (QED) is 0.654. The lowest BCUT2D eigenvalue weighted by Gasteiger charge is -2.03. The van der Waals surface area contributed by atoms with Crippen LogP contribution in [0.25, 0.3) is 0 Å². The smallest absolute Gasteiger partial charge is 0.00781 e. The molecule has 1 aliphatic carbocycles. The Kier molecular flexibility index (Phi) is 2.45. The molecule has 1 fully saturated rings. The molecule has 0 N–H and O–H groups in total. The first-order chi connectivity index (χ1) is 6.33. The molecule has 67 valence electrons. The van der Waals surface area contributed by atoms with Crippen LogP contribution in [-0.2, 0) is 0 Å². The van der Waals surface area contributed by atoms with E-state index in [-0.39, 0.29) is 0 Å². The van der Waals surface area contributed by atoms with Gasteiger partial charge in [0.1, 0.15) is 0 Å². The van der Waals surface area contributed by atoms with E-state index in [4.69, 9.17) is 0 Å². The summed E-state index contributed by atoms with van der Waals surface area (Å²) in [7, 11) is 0. The third kappa shape index (κ3) is 1.97. The average Bonchev–Trinajstić information content (AvgIpc) is 3.00. The predicted molar refractivity (Wildman–Crippen MR) is 58.2 cm³/mol. The van der Waals surface area contributed by atoms with Crippen LogP contribution < -0.4 is 0 Å².